The van der Waals surface area contributed by atoms with Crippen molar-refractivity contribution < 1.29 is 4.39 Å². The van der Waals surface area contributed by atoms with Crippen LogP contribution in [0.5, 0.6) is 0 Å². The molecule has 0 radical (unpaired) electrons. The van der Waals surface area contributed by atoms with E-state index in [1.54, 1.807) is 24.7 Å². The summed E-state index contributed by atoms with van der Waals surface area (Å²) in [5.74, 6) is -0.277. The lowest BCUT2D eigenvalue weighted by molar-refractivity contribution is 0.629. The Hall–Kier alpha value is -2.36. The Kier molecular flexibility index (Phi) is 2.26. The molecule has 3 rings (SSSR count). The minimum atomic E-state index is -0.277. The first-order valence-corrected chi connectivity index (χ1v) is 5.13. The lowest BCUT2D eigenvalue weighted by Crippen LogP contribution is -1.86. The van der Waals surface area contributed by atoms with Gasteiger partial charge in [-0.2, -0.15) is 0 Å². The summed E-state index contributed by atoms with van der Waals surface area (Å²) in [5.41, 5.74) is 2.46. The maximum absolute atomic E-state index is 13.0. The summed E-state index contributed by atoms with van der Waals surface area (Å²) in [6.07, 6.45) is 6.62. The van der Waals surface area contributed by atoms with E-state index in [0.29, 0.717) is 5.52 Å². The largest absolute Gasteiger partial charge is 0.256 e. The zero-order valence-corrected chi connectivity index (χ0v) is 8.84. The Morgan fingerprint density at radius 3 is 2.53 bits per heavy atom. The van der Waals surface area contributed by atoms with Crippen LogP contribution >= 0.6 is 0 Å². The number of nitrogens with zero attached hydrogens (tertiary/aromatic N) is 3. The van der Waals surface area contributed by atoms with Crippen molar-refractivity contribution in [2.24, 2.45) is 0 Å². The van der Waals surface area contributed by atoms with Crippen LogP contribution in [-0.4, -0.2) is 15.0 Å². The van der Waals surface area contributed by atoms with Crippen LogP contribution in [0.4, 0.5) is 4.39 Å². The molecule has 0 spiro atoms. The van der Waals surface area contributed by atoms with E-state index in [-0.39, 0.29) is 5.82 Å². The molecule has 4 heteroatoms. The van der Waals surface area contributed by atoms with Crippen molar-refractivity contribution >= 4 is 10.9 Å². The molecule has 0 amide bonds. The van der Waals surface area contributed by atoms with Crippen LogP contribution < -0.4 is 0 Å². The molecule has 0 saturated heterocycles. The molecular formula is C13H8FN3. The molecule has 0 fully saturated rings. The van der Waals surface area contributed by atoms with Crippen LogP contribution in [0.15, 0.2) is 49.2 Å². The minimum Gasteiger partial charge on any atom is -0.256 e. The van der Waals surface area contributed by atoms with Gasteiger partial charge >= 0.3 is 0 Å². The first-order chi connectivity index (χ1) is 8.33. The lowest BCUT2D eigenvalue weighted by Gasteiger charge is -2.02. The van der Waals surface area contributed by atoms with E-state index in [1.165, 1.54) is 18.5 Å². The number of rotatable bonds is 1. The summed E-state index contributed by atoms with van der Waals surface area (Å²) in [4.78, 5) is 12.1. The number of halogens is 1. The summed E-state index contributed by atoms with van der Waals surface area (Å²) in [5, 5.41) is 0.896. The molecule has 3 aromatic rings. The average molecular weight is 225 g/mol. The smallest absolute Gasteiger partial charge is 0.125 e. The first kappa shape index (κ1) is 9.84. The zero-order valence-electron chi connectivity index (χ0n) is 8.84. The number of hydrogen-bond acceptors (Lipinski definition) is 3. The van der Waals surface area contributed by atoms with Gasteiger partial charge in [0.1, 0.15) is 12.1 Å². The second-order valence-electron chi connectivity index (χ2n) is 3.69. The van der Waals surface area contributed by atoms with E-state index in [0.717, 1.165) is 16.5 Å². The van der Waals surface area contributed by atoms with Crippen molar-refractivity contribution in [3.63, 3.8) is 0 Å². The fourth-order valence-corrected chi connectivity index (χ4v) is 1.70. The van der Waals surface area contributed by atoms with Gasteiger partial charge in [0.15, 0.2) is 0 Å². The van der Waals surface area contributed by atoms with Gasteiger partial charge in [0, 0.05) is 41.2 Å². The molecule has 3 nitrogen and oxygen atoms in total. The van der Waals surface area contributed by atoms with E-state index in [2.05, 4.69) is 15.0 Å². The van der Waals surface area contributed by atoms with Gasteiger partial charge in [0.2, 0.25) is 0 Å². The van der Waals surface area contributed by atoms with Crippen LogP contribution in [0.1, 0.15) is 0 Å². The topological polar surface area (TPSA) is 38.7 Å². The molecule has 1 aromatic carbocycles. The maximum Gasteiger partial charge on any atom is 0.125 e. The van der Waals surface area contributed by atoms with Gasteiger partial charge in [-0.25, -0.2) is 14.4 Å². The lowest BCUT2D eigenvalue weighted by atomic mass is 10.1. The van der Waals surface area contributed by atoms with Gasteiger partial charge in [0.25, 0.3) is 0 Å². The van der Waals surface area contributed by atoms with E-state index in [1.807, 2.05) is 6.07 Å². The number of hydrogen-bond donors (Lipinski definition) is 0. The highest BCUT2D eigenvalue weighted by Gasteiger charge is 2.02. The predicted molar refractivity (Wildman–Crippen MR) is 62.7 cm³/mol. The second-order valence-corrected chi connectivity index (χ2v) is 3.69. The second kappa shape index (κ2) is 3.90. The highest BCUT2D eigenvalue weighted by atomic mass is 19.1. The third-order valence-electron chi connectivity index (χ3n) is 2.54. The molecule has 0 aliphatic rings. The fraction of sp³-hybridized carbons (Fsp3) is 0. The van der Waals surface area contributed by atoms with Gasteiger partial charge in [-0.15, -0.1) is 0 Å². The molecule has 0 N–H and O–H groups in total. The summed E-state index contributed by atoms with van der Waals surface area (Å²) in [7, 11) is 0. The third kappa shape index (κ3) is 1.85. The van der Waals surface area contributed by atoms with E-state index < -0.39 is 0 Å². The SMILES string of the molecule is Fc1ccc2cc(-c3cncnc3)cnc2c1. The standard InChI is InChI=1S/C13H8FN3/c14-12-2-1-9-3-10(7-17-13(9)4-12)11-5-15-8-16-6-11/h1-8H. The van der Waals surface area contributed by atoms with Crippen molar-refractivity contribution in [2.45, 2.75) is 0 Å². The Morgan fingerprint density at radius 2 is 1.71 bits per heavy atom. The number of aromatic nitrogens is 3. The summed E-state index contributed by atoms with van der Waals surface area (Å²) in [6.45, 7) is 0. The van der Waals surface area contributed by atoms with Gasteiger partial charge in [-0.1, -0.05) is 0 Å². The molecule has 17 heavy (non-hydrogen) atoms. The monoisotopic (exact) mass is 225 g/mol. The summed E-state index contributed by atoms with van der Waals surface area (Å²) >= 11 is 0. The van der Waals surface area contributed by atoms with Crippen LogP contribution in [-0.2, 0) is 0 Å². The van der Waals surface area contributed by atoms with Gasteiger partial charge < -0.3 is 0 Å². The molecule has 0 bridgehead atoms. The molecule has 2 aromatic heterocycles. The third-order valence-corrected chi connectivity index (χ3v) is 2.54. The Bertz CT molecular complexity index is 668. The van der Waals surface area contributed by atoms with Crippen LogP contribution in [0.3, 0.4) is 0 Å². The quantitative estimate of drug-likeness (QED) is 0.639. The number of benzene rings is 1. The number of pyridine rings is 1. The predicted octanol–water partition coefficient (Wildman–Crippen LogP) is 2.83. The molecule has 0 atom stereocenters. The minimum absolute atomic E-state index is 0.277. The van der Waals surface area contributed by atoms with Crippen LogP contribution in [0.25, 0.3) is 22.0 Å². The Balaban J connectivity index is 2.17. The Morgan fingerprint density at radius 1 is 0.882 bits per heavy atom. The van der Waals surface area contributed by atoms with Crippen LogP contribution in [0.2, 0.25) is 0 Å². The van der Waals surface area contributed by atoms with Crippen molar-refractivity contribution in [3.05, 3.63) is 55.0 Å². The highest BCUT2D eigenvalue weighted by Crippen LogP contribution is 2.21. The Labute approximate surface area is 97.0 Å². The molecule has 0 aliphatic carbocycles. The van der Waals surface area contributed by atoms with E-state index >= 15 is 0 Å². The molecule has 0 aliphatic heterocycles. The summed E-state index contributed by atoms with van der Waals surface area (Å²) in [6, 6.07) is 6.50. The van der Waals surface area contributed by atoms with Crippen molar-refractivity contribution in [2.75, 3.05) is 0 Å². The van der Waals surface area contributed by atoms with Crippen molar-refractivity contribution in [1.29, 1.82) is 0 Å². The van der Waals surface area contributed by atoms with E-state index in [4.69, 9.17) is 0 Å². The van der Waals surface area contributed by atoms with Crippen molar-refractivity contribution in [1.82, 2.24) is 15.0 Å². The van der Waals surface area contributed by atoms with Gasteiger partial charge in [0.05, 0.1) is 5.52 Å². The van der Waals surface area contributed by atoms with Crippen LogP contribution in [0, 0.1) is 5.82 Å². The first-order valence-electron chi connectivity index (χ1n) is 5.13. The average Bonchev–Trinajstić information content (AvgIpc) is 2.39. The van der Waals surface area contributed by atoms with Crippen molar-refractivity contribution in [3.8, 4) is 11.1 Å². The van der Waals surface area contributed by atoms with Gasteiger partial charge in [-0.05, 0) is 18.2 Å². The molecule has 0 saturated carbocycles. The summed E-state index contributed by atoms with van der Waals surface area (Å²) < 4.78 is 13.0. The maximum atomic E-state index is 13.0. The highest BCUT2D eigenvalue weighted by molar-refractivity contribution is 5.83. The molecule has 2 heterocycles. The molecule has 82 valence electrons. The number of fused-ring (bicyclic) bond motifs is 1. The molecule has 0 unspecified atom stereocenters. The normalized spacial score (nSPS) is 10.6. The zero-order chi connectivity index (χ0) is 11.7. The molecular weight excluding hydrogens is 217 g/mol. The fourth-order valence-electron chi connectivity index (χ4n) is 1.70. The van der Waals surface area contributed by atoms with Gasteiger partial charge in [-0.3, -0.25) is 4.98 Å². The van der Waals surface area contributed by atoms with E-state index in [9.17, 15) is 4.39 Å².